The molecule has 1 saturated heterocycles. The lowest BCUT2D eigenvalue weighted by molar-refractivity contribution is -0.116. The van der Waals surface area contributed by atoms with E-state index < -0.39 is 0 Å². The first kappa shape index (κ1) is 17.0. The van der Waals surface area contributed by atoms with E-state index in [1.165, 1.54) is 23.4 Å². The molecule has 128 valence electrons. The van der Waals surface area contributed by atoms with E-state index in [1.807, 2.05) is 12.1 Å². The Balaban J connectivity index is 1.44. The van der Waals surface area contributed by atoms with Gasteiger partial charge in [0, 0.05) is 35.8 Å². The van der Waals surface area contributed by atoms with Crippen molar-refractivity contribution in [3.8, 4) is 0 Å². The summed E-state index contributed by atoms with van der Waals surface area (Å²) in [6.45, 7) is 4.60. The zero-order valence-electron chi connectivity index (χ0n) is 14.3. The fourth-order valence-electron chi connectivity index (χ4n) is 3.12. The van der Waals surface area contributed by atoms with Crippen molar-refractivity contribution in [2.24, 2.45) is 5.92 Å². The van der Waals surface area contributed by atoms with Crippen LogP contribution < -0.4 is 10.2 Å². The molecule has 0 spiro atoms. The summed E-state index contributed by atoms with van der Waals surface area (Å²) >= 11 is 1.76. The van der Waals surface area contributed by atoms with Crippen LogP contribution >= 0.6 is 11.3 Å². The lowest BCUT2D eigenvalue weighted by atomic mass is 9.99. The smallest absolute Gasteiger partial charge is 0.224 e. The van der Waals surface area contributed by atoms with E-state index in [-0.39, 0.29) is 5.91 Å². The van der Waals surface area contributed by atoms with E-state index in [9.17, 15) is 4.79 Å². The molecule has 2 aromatic rings. The molecular weight excluding hydrogens is 316 g/mol. The summed E-state index contributed by atoms with van der Waals surface area (Å²) in [6, 6.07) is 12.5. The molecule has 0 bridgehead atoms. The minimum atomic E-state index is 0.103. The van der Waals surface area contributed by atoms with Crippen LogP contribution in [0, 0.1) is 5.92 Å². The van der Waals surface area contributed by atoms with Gasteiger partial charge in [-0.25, -0.2) is 0 Å². The monoisotopic (exact) mass is 342 g/mol. The van der Waals surface area contributed by atoms with Crippen LogP contribution in [0.3, 0.4) is 0 Å². The quantitative estimate of drug-likeness (QED) is 0.806. The molecule has 0 radical (unpaired) electrons. The van der Waals surface area contributed by atoms with Crippen molar-refractivity contribution in [2.45, 2.75) is 39.0 Å². The molecule has 0 saturated carbocycles. The highest BCUT2D eigenvalue weighted by Crippen LogP contribution is 2.24. The van der Waals surface area contributed by atoms with Gasteiger partial charge in [0.15, 0.2) is 0 Å². The molecular formula is C20H26N2OS. The summed E-state index contributed by atoms with van der Waals surface area (Å²) in [6.07, 6.45) is 4.99. The minimum absolute atomic E-state index is 0.103. The maximum atomic E-state index is 12.0. The zero-order valence-corrected chi connectivity index (χ0v) is 15.1. The predicted octanol–water partition coefficient (Wildman–Crippen LogP) is 4.95. The Morgan fingerprint density at radius 1 is 1.21 bits per heavy atom. The standard InChI is InChI=1S/C20H26N2OS/c1-16-11-13-22(14-12-16)18-9-7-17(8-10-18)21-20(23)6-2-4-19-5-3-15-24-19/h3,5,7-10,15-16H,2,4,6,11-14H2,1H3,(H,21,23). The molecule has 0 unspecified atom stereocenters. The third kappa shape index (κ3) is 4.84. The van der Waals surface area contributed by atoms with Crippen LogP contribution in [0.25, 0.3) is 0 Å². The van der Waals surface area contributed by atoms with Gasteiger partial charge in [0.05, 0.1) is 0 Å². The number of hydrogen-bond acceptors (Lipinski definition) is 3. The zero-order chi connectivity index (χ0) is 16.8. The number of carbonyl (C=O) groups is 1. The second-order valence-electron chi connectivity index (χ2n) is 6.70. The average molecular weight is 343 g/mol. The van der Waals surface area contributed by atoms with Crippen LogP contribution in [0.5, 0.6) is 0 Å². The first-order valence-corrected chi connectivity index (χ1v) is 9.76. The molecule has 1 N–H and O–H groups in total. The molecule has 1 aromatic carbocycles. The van der Waals surface area contributed by atoms with E-state index in [4.69, 9.17) is 0 Å². The number of thiophene rings is 1. The molecule has 1 amide bonds. The van der Waals surface area contributed by atoms with Gasteiger partial charge in [0.1, 0.15) is 0 Å². The number of rotatable bonds is 6. The Morgan fingerprint density at radius 2 is 1.96 bits per heavy atom. The van der Waals surface area contributed by atoms with Crippen molar-refractivity contribution in [1.82, 2.24) is 0 Å². The van der Waals surface area contributed by atoms with Gasteiger partial charge >= 0.3 is 0 Å². The van der Waals surface area contributed by atoms with Gasteiger partial charge in [-0.2, -0.15) is 0 Å². The molecule has 0 aliphatic carbocycles. The number of hydrogen-bond donors (Lipinski definition) is 1. The van der Waals surface area contributed by atoms with Crippen molar-refractivity contribution in [1.29, 1.82) is 0 Å². The number of benzene rings is 1. The number of piperidine rings is 1. The fourth-order valence-corrected chi connectivity index (χ4v) is 3.88. The fraction of sp³-hybridized carbons (Fsp3) is 0.450. The summed E-state index contributed by atoms with van der Waals surface area (Å²) in [5.41, 5.74) is 2.16. The van der Waals surface area contributed by atoms with E-state index in [2.05, 4.69) is 46.8 Å². The molecule has 3 rings (SSSR count). The molecule has 2 heterocycles. The molecule has 1 aromatic heterocycles. The van der Waals surface area contributed by atoms with Crippen LogP contribution in [-0.2, 0) is 11.2 Å². The highest BCUT2D eigenvalue weighted by atomic mass is 32.1. The molecule has 3 nitrogen and oxygen atoms in total. The van der Waals surface area contributed by atoms with Crippen LogP contribution in [0.15, 0.2) is 41.8 Å². The molecule has 1 aliphatic rings. The van der Waals surface area contributed by atoms with E-state index in [0.717, 1.165) is 37.5 Å². The van der Waals surface area contributed by atoms with E-state index >= 15 is 0 Å². The minimum Gasteiger partial charge on any atom is -0.372 e. The van der Waals surface area contributed by atoms with E-state index in [1.54, 1.807) is 11.3 Å². The topological polar surface area (TPSA) is 32.3 Å². The summed E-state index contributed by atoms with van der Waals surface area (Å²) in [5.74, 6) is 0.945. The molecule has 1 aliphatic heterocycles. The molecule has 1 fully saturated rings. The Morgan fingerprint density at radius 3 is 2.62 bits per heavy atom. The summed E-state index contributed by atoms with van der Waals surface area (Å²) in [4.78, 5) is 15.8. The number of nitrogens with one attached hydrogen (secondary N) is 1. The number of amides is 1. The van der Waals surface area contributed by atoms with Gasteiger partial charge in [-0.15, -0.1) is 11.3 Å². The first-order valence-electron chi connectivity index (χ1n) is 8.88. The van der Waals surface area contributed by atoms with Crippen LogP contribution in [0.4, 0.5) is 11.4 Å². The maximum absolute atomic E-state index is 12.0. The summed E-state index contributed by atoms with van der Waals surface area (Å²) in [7, 11) is 0. The second-order valence-corrected chi connectivity index (χ2v) is 7.73. The average Bonchev–Trinajstić information content (AvgIpc) is 3.10. The lowest BCUT2D eigenvalue weighted by Crippen LogP contribution is -2.32. The Hall–Kier alpha value is -1.81. The van der Waals surface area contributed by atoms with Gasteiger partial charge in [0.25, 0.3) is 0 Å². The molecule has 0 atom stereocenters. The van der Waals surface area contributed by atoms with Crippen LogP contribution in [-0.4, -0.2) is 19.0 Å². The Labute approximate surface area is 148 Å². The Kier molecular flexibility index (Phi) is 5.91. The highest BCUT2D eigenvalue weighted by molar-refractivity contribution is 7.09. The van der Waals surface area contributed by atoms with Crippen LogP contribution in [0.1, 0.15) is 37.5 Å². The Bertz CT molecular complexity index is 628. The van der Waals surface area contributed by atoms with Gasteiger partial charge in [-0.1, -0.05) is 13.0 Å². The molecule has 24 heavy (non-hydrogen) atoms. The largest absolute Gasteiger partial charge is 0.372 e. The summed E-state index contributed by atoms with van der Waals surface area (Å²) in [5, 5.41) is 5.09. The summed E-state index contributed by atoms with van der Waals surface area (Å²) < 4.78 is 0. The number of aryl methyl sites for hydroxylation is 1. The van der Waals surface area contributed by atoms with Gasteiger partial charge in [-0.05, 0) is 67.3 Å². The molecule has 4 heteroatoms. The number of anilines is 2. The first-order chi connectivity index (χ1) is 11.7. The van der Waals surface area contributed by atoms with Crippen molar-refractivity contribution in [2.75, 3.05) is 23.3 Å². The third-order valence-electron chi connectivity index (χ3n) is 4.71. The van der Waals surface area contributed by atoms with Crippen molar-refractivity contribution < 1.29 is 4.79 Å². The van der Waals surface area contributed by atoms with Crippen molar-refractivity contribution in [3.05, 3.63) is 46.7 Å². The maximum Gasteiger partial charge on any atom is 0.224 e. The van der Waals surface area contributed by atoms with Crippen molar-refractivity contribution >= 4 is 28.6 Å². The lowest BCUT2D eigenvalue weighted by Gasteiger charge is -2.32. The second kappa shape index (κ2) is 8.34. The predicted molar refractivity (Wildman–Crippen MR) is 103 cm³/mol. The third-order valence-corrected chi connectivity index (χ3v) is 5.64. The highest BCUT2D eigenvalue weighted by Gasteiger charge is 2.15. The van der Waals surface area contributed by atoms with Gasteiger partial charge < -0.3 is 10.2 Å². The number of carbonyl (C=O) groups excluding carboxylic acids is 1. The van der Waals surface area contributed by atoms with Gasteiger partial charge in [0.2, 0.25) is 5.91 Å². The SMILES string of the molecule is CC1CCN(c2ccc(NC(=O)CCCc3cccs3)cc2)CC1. The number of nitrogens with zero attached hydrogens (tertiary/aromatic N) is 1. The van der Waals surface area contributed by atoms with Gasteiger partial charge in [-0.3, -0.25) is 4.79 Å². The normalized spacial score (nSPS) is 15.5. The van der Waals surface area contributed by atoms with Crippen LogP contribution in [0.2, 0.25) is 0 Å². The van der Waals surface area contributed by atoms with E-state index in [0.29, 0.717) is 6.42 Å². The van der Waals surface area contributed by atoms with Crippen molar-refractivity contribution in [3.63, 3.8) is 0 Å².